The normalized spacial score (nSPS) is 24.6. The summed E-state index contributed by atoms with van der Waals surface area (Å²) in [5.74, 6) is 0. The first kappa shape index (κ1) is 18.1. The van der Waals surface area contributed by atoms with Crippen molar-refractivity contribution in [2.45, 2.75) is 45.2 Å². The van der Waals surface area contributed by atoms with E-state index < -0.39 is 0 Å². The Kier molecular flexibility index (Phi) is 5.91. The lowest BCUT2D eigenvalue weighted by molar-refractivity contribution is 0.0166. The molecule has 2 N–H and O–H groups in total. The van der Waals surface area contributed by atoms with Gasteiger partial charge in [-0.25, -0.2) is 4.79 Å². The van der Waals surface area contributed by atoms with Crippen LogP contribution in [0.3, 0.4) is 0 Å². The second-order valence-electron chi connectivity index (χ2n) is 7.74. The van der Waals surface area contributed by atoms with Gasteiger partial charge in [0.2, 0.25) is 0 Å². The van der Waals surface area contributed by atoms with Crippen molar-refractivity contribution in [1.29, 1.82) is 0 Å². The van der Waals surface area contributed by atoms with Crippen LogP contribution in [0, 0.1) is 5.41 Å². The molecule has 1 saturated heterocycles. The molecule has 2 aliphatic rings. The van der Waals surface area contributed by atoms with E-state index in [1.54, 1.807) is 6.20 Å². The topological polar surface area (TPSA) is 66.5 Å². The summed E-state index contributed by atoms with van der Waals surface area (Å²) in [7, 11) is 0. The van der Waals surface area contributed by atoms with E-state index in [-0.39, 0.29) is 23.5 Å². The molecule has 6 heteroatoms. The van der Waals surface area contributed by atoms with Crippen molar-refractivity contribution < 1.29 is 9.53 Å². The van der Waals surface area contributed by atoms with Crippen LogP contribution in [-0.4, -0.2) is 54.8 Å². The first-order valence-electron chi connectivity index (χ1n) is 9.32. The van der Waals surface area contributed by atoms with Crippen LogP contribution in [0.5, 0.6) is 0 Å². The number of carbonyl (C=O) groups is 1. The molecule has 3 rings (SSSR count). The quantitative estimate of drug-likeness (QED) is 0.859. The minimum absolute atomic E-state index is 0.0675. The minimum Gasteiger partial charge on any atom is -0.379 e. The van der Waals surface area contributed by atoms with Crippen molar-refractivity contribution in [3.05, 3.63) is 30.1 Å². The van der Waals surface area contributed by atoms with Gasteiger partial charge < -0.3 is 15.4 Å². The summed E-state index contributed by atoms with van der Waals surface area (Å²) < 4.78 is 5.47. The number of amides is 2. The van der Waals surface area contributed by atoms with Gasteiger partial charge in [0, 0.05) is 38.1 Å². The molecule has 0 unspecified atom stereocenters. The Morgan fingerprint density at radius 3 is 2.88 bits per heavy atom. The monoisotopic (exact) mass is 346 g/mol. The van der Waals surface area contributed by atoms with Gasteiger partial charge in [-0.3, -0.25) is 9.88 Å². The highest BCUT2D eigenvalue weighted by atomic mass is 16.5. The Morgan fingerprint density at radius 1 is 1.44 bits per heavy atom. The predicted molar refractivity (Wildman–Crippen MR) is 97.3 cm³/mol. The third-order valence-electron chi connectivity index (χ3n) is 5.57. The van der Waals surface area contributed by atoms with E-state index in [9.17, 15) is 4.79 Å². The number of ether oxygens (including phenoxy) is 1. The second-order valence-corrected chi connectivity index (χ2v) is 7.74. The molecule has 1 aliphatic carbocycles. The van der Waals surface area contributed by atoms with E-state index in [4.69, 9.17) is 4.74 Å². The van der Waals surface area contributed by atoms with E-state index >= 15 is 0 Å². The van der Waals surface area contributed by atoms with Crippen LogP contribution in [0.4, 0.5) is 4.79 Å². The van der Waals surface area contributed by atoms with Crippen LogP contribution in [0.15, 0.2) is 24.5 Å². The van der Waals surface area contributed by atoms with Crippen LogP contribution >= 0.6 is 0 Å². The number of hydrogen-bond acceptors (Lipinski definition) is 4. The van der Waals surface area contributed by atoms with Crippen molar-refractivity contribution in [2.75, 3.05) is 32.8 Å². The fourth-order valence-electron chi connectivity index (χ4n) is 3.91. The number of hydrogen-bond donors (Lipinski definition) is 2. The molecule has 6 nitrogen and oxygen atoms in total. The third-order valence-corrected chi connectivity index (χ3v) is 5.57. The highest BCUT2D eigenvalue weighted by Gasteiger charge is 2.35. The van der Waals surface area contributed by atoms with E-state index in [1.165, 1.54) is 12.8 Å². The van der Waals surface area contributed by atoms with Gasteiger partial charge in [0.1, 0.15) is 0 Å². The number of pyridine rings is 1. The molecule has 1 saturated carbocycles. The van der Waals surface area contributed by atoms with E-state index in [0.29, 0.717) is 6.54 Å². The highest BCUT2D eigenvalue weighted by molar-refractivity contribution is 5.74. The summed E-state index contributed by atoms with van der Waals surface area (Å²) in [5.41, 5.74) is 1.32. The van der Waals surface area contributed by atoms with Crippen LogP contribution in [0.25, 0.3) is 0 Å². The smallest absolute Gasteiger partial charge is 0.315 e. The average Bonchev–Trinajstić information content (AvgIpc) is 2.95. The zero-order valence-corrected chi connectivity index (χ0v) is 15.3. The number of aromatic nitrogens is 1. The van der Waals surface area contributed by atoms with Crippen molar-refractivity contribution in [1.82, 2.24) is 20.5 Å². The van der Waals surface area contributed by atoms with Crippen LogP contribution in [0.2, 0.25) is 0 Å². The standard InChI is InChI=1S/C19H30N4O2/c1-19(2)7-3-6-17(19)22-18(24)21-14-16(15-5-4-8-20-13-15)23-9-11-25-12-10-23/h4-5,8,13,16-17H,3,6-7,9-12,14H2,1-2H3,(H2,21,22,24)/t16-,17+/m0/s1. The maximum absolute atomic E-state index is 12.4. The van der Waals surface area contributed by atoms with Gasteiger partial charge in [0.05, 0.1) is 19.3 Å². The van der Waals surface area contributed by atoms with E-state index in [0.717, 1.165) is 38.3 Å². The largest absolute Gasteiger partial charge is 0.379 e. The molecule has 1 aliphatic heterocycles. The molecule has 2 fully saturated rings. The van der Waals surface area contributed by atoms with Gasteiger partial charge >= 0.3 is 6.03 Å². The highest BCUT2D eigenvalue weighted by Crippen LogP contribution is 2.37. The van der Waals surface area contributed by atoms with Crippen LogP contribution < -0.4 is 10.6 Å². The van der Waals surface area contributed by atoms with Crippen molar-refractivity contribution >= 4 is 6.03 Å². The van der Waals surface area contributed by atoms with E-state index in [1.807, 2.05) is 12.3 Å². The average molecular weight is 346 g/mol. The first-order valence-corrected chi connectivity index (χ1v) is 9.32. The number of nitrogens with zero attached hydrogens (tertiary/aromatic N) is 2. The third kappa shape index (κ3) is 4.70. The maximum atomic E-state index is 12.4. The van der Waals surface area contributed by atoms with Crippen molar-refractivity contribution in [2.24, 2.45) is 5.41 Å². The Bertz CT molecular complexity index is 558. The number of carbonyl (C=O) groups excluding carboxylic acids is 1. The molecule has 1 aromatic rings. The predicted octanol–water partition coefficient (Wildman–Crippen LogP) is 2.33. The summed E-state index contributed by atoms with van der Waals surface area (Å²) in [6, 6.07) is 4.34. The molecule has 1 aromatic heterocycles. The lowest BCUT2D eigenvalue weighted by atomic mass is 9.87. The number of rotatable bonds is 5. The van der Waals surface area contributed by atoms with Gasteiger partial charge in [0.15, 0.2) is 0 Å². The molecule has 0 spiro atoms. The Balaban J connectivity index is 1.59. The summed E-state index contributed by atoms with van der Waals surface area (Å²) in [5, 5.41) is 6.25. The Morgan fingerprint density at radius 2 is 2.24 bits per heavy atom. The molecule has 0 aromatic carbocycles. The fourth-order valence-corrected chi connectivity index (χ4v) is 3.91. The molecule has 2 amide bonds. The van der Waals surface area contributed by atoms with Crippen LogP contribution in [-0.2, 0) is 4.74 Å². The minimum atomic E-state index is -0.0675. The summed E-state index contributed by atoms with van der Waals surface area (Å²) >= 11 is 0. The SMILES string of the molecule is CC1(C)CCC[C@H]1NC(=O)NC[C@@H](c1cccnc1)N1CCOCC1. The zero-order chi connectivity index (χ0) is 17.7. The zero-order valence-electron chi connectivity index (χ0n) is 15.3. The molecule has 2 atom stereocenters. The van der Waals surface area contributed by atoms with Gasteiger partial charge in [-0.2, -0.15) is 0 Å². The molecule has 0 bridgehead atoms. The summed E-state index contributed by atoms with van der Waals surface area (Å²) in [4.78, 5) is 19.0. The molecule has 138 valence electrons. The lowest BCUT2D eigenvalue weighted by Gasteiger charge is -2.35. The molecular formula is C19H30N4O2. The molecule has 0 radical (unpaired) electrons. The van der Waals surface area contributed by atoms with Crippen molar-refractivity contribution in [3.63, 3.8) is 0 Å². The fraction of sp³-hybridized carbons (Fsp3) is 0.684. The number of nitrogens with one attached hydrogen (secondary N) is 2. The van der Waals surface area contributed by atoms with Crippen molar-refractivity contribution in [3.8, 4) is 0 Å². The second kappa shape index (κ2) is 8.15. The first-order chi connectivity index (χ1) is 12.1. The van der Waals surface area contributed by atoms with Gasteiger partial charge in [0.25, 0.3) is 0 Å². The number of urea groups is 1. The van der Waals surface area contributed by atoms with Crippen LogP contribution in [0.1, 0.15) is 44.7 Å². The van der Waals surface area contributed by atoms with Gasteiger partial charge in [-0.15, -0.1) is 0 Å². The Labute approximate surface area is 150 Å². The molecule has 25 heavy (non-hydrogen) atoms. The molecule has 2 heterocycles. The Hall–Kier alpha value is -1.66. The summed E-state index contributed by atoms with van der Waals surface area (Å²) in [6.07, 6.45) is 7.09. The number of morpholine rings is 1. The molecular weight excluding hydrogens is 316 g/mol. The summed E-state index contributed by atoms with van der Waals surface area (Å²) in [6.45, 7) is 8.26. The van der Waals surface area contributed by atoms with E-state index in [2.05, 4.69) is 40.4 Å². The van der Waals surface area contributed by atoms with Gasteiger partial charge in [-0.1, -0.05) is 26.3 Å². The van der Waals surface area contributed by atoms with Gasteiger partial charge in [-0.05, 0) is 29.9 Å². The lowest BCUT2D eigenvalue weighted by Crippen LogP contribution is -2.49. The maximum Gasteiger partial charge on any atom is 0.315 e.